The van der Waals surface area contributed by atoms with E-state index in [-0.39, 0.29) is 17.7 Å². The van der Waals surface area contributed by atoms with E-state index in [2.05, 4.69) is 31.3 Å². The van der Waals surface area contributed by atoms with Crippen molar-refractivity contribution in [2.75, 3.05) is 6.54 Å². The Bertz CT molecular complexity index is 546. The lowest BCUT2D eigenvalue weighted by molar-refractivity contribution is -0.123. The van der Waals surface area contributed by atoms with Gasteiger partial charge in [0, 0.05) is 12.5 Å². The summed E-state index contributed by atoms with van der Waals surface area (Å²) in [7, 11) is 0. The molecule has 0 atom stereocenters. The van der Waals surface area contributed by atoms with E-state index >= 15 is 0 Å². The summed E-state index contributed by atoms with van der Waals surface area (Å²) in [5.41, 5.74) is 7.67. The summed E-state index contributed by atoms with van der Waals surface area (Å²) in [6.45, 7) is 5.01. The van der Waals surface area contributed by atoms with Crippen molar-refractivity contribution < 1.29 is 9.59 Å². The van der Waals surface area contributed by atoms with Crippen LogP contribution in [-0.4, -0.2) is 18.4 Å². The second-order valence-electron chi connectivity index (χ2n) is 7.00. The van der Waals surface area contributed by atoms with Gasteiger partial charge in [-0.1, -0.05) is 38.1 Å². The molecule has 0 aliphatic heterocycles. The first-order valence-electron chi connectivity index (χ1n) is 8.60. The fourth-order valence-electron chi connectivity index (χ4n) is 3.22. The summed E-state index contributed by atoms with van der Waals surface area (Å²) < 4.78 is 0. The van der Waals surface area contributed by atoms with Crippen LogP contribution in [0.15, 0.2) is 24.3 Å². The number of amides is 2. The summed E-state index contributed by atoms with van der Waals surface area (Å²) in [5, 5.41) is 3.04. The second-order valence-corrected chi connectivity index (χ2v) is 7.00. The van der Waals surface area contributed by atoms with Crippen molar-refractivity contribution in [3.63, 3.8) is 0 Å². The maximum atomic E-state index is 12.1. The molecule has 0 radical (unpaired) electrons. The quantitative estimate of drug-likeness (QED) is 0.847. The lowest BCUT2D eigenvalue weighted by atomic mass is 9.81. The average Bonchev–Trinajstić information content (AvgIpc) is 2.53. The minimum atomic E-state index is -0.183. The van der Waals surface area contributed by atoms with Crippen LogP contribution in [0.5, 0.6) is 0 Å². The molecule has 0 heterocycles. The highest BCUT2D eigenvalue weighted by Crippen LogP contribution is 2.28. The van der Waals surface area contributed by atoms with Crippen molar-refractivity contribution in [3.8, 4) is 0 Å². The van der Waals surface area contributed by atoms with Gasteiger partial charge in [-0.2, -0.15) is 0 Å². The molecule has 1 fully saturated rings. The highest BCUT2D eigenvalue weighted by molar-refractivity contribution is 5.78. The van der Waals surface area contributed by atoms with Crippen LogP contribution in [0.4, 0.5) is 0 Å². The van der Waals surface area contributed by atoms with Crippen LogP contribution < -0.4 is 11.1 Å². The average molecular weight is 316 g/mol. The summed E-state index contributed by atoms with van der Waals surface area (Å²) in [4.78, 5) is 23.3. The van der Waals surface area contributed by atoms with Crippen molar-refractivity contribution in [1.29, 1.82) is 0 Å². The van der Waals surface area contributed by atoms with Gasteiger partial charge in [0.15, 0.2) is 0 Å². The van der Waals surface area contributed by atoms with E-state index in [9.17, 15) is 9.59 Å². The largest absolute Gasteiger partial charge is 0.369 e. The van der Waals surface area contributed by atoms with Gasteiger partial charge in [-0.25, -0.2) is 0 Å². The summed E-state index contributed by atoms with van der Waals surface area (Å²) >= 11 is 0. The minimum absolute atomic E-state index is 0.0284. The van der Waals surface area contributed by atoms with Gasteiger partial charge < -0.3 is 11.1 Å². The number of benzene rings is 1. The van der Waals surface area contributed by atoms with E-state index in [0.29, 0.717) is 24.8 Å². The molecule has 0 unspecified atom stereocenters. The van der Waals surface area contributed by atoms with Crippen LogP contribution in [0.2, 0.25) is 0 Å². The summed E-state index contributed by atoms with van der Waals surface area (Å²) in [6, 6.07) is 8.23. The highest BCUT2D eigenvalue weighted by Gasteiger charge is 2.24. The first kappa shape index (κ1) is 17.5. The molecule has 4 nitrogen and oxygen atoms in total. The zero-order valence-corrected chi connectivity index (χ0v) is 14.2. The standard InChI is InChI=1S/C19H28N2O2/c1-13(2)17-5-3-4-15(10-17)11-18(22)21-12-14-6-8-16(9-7-14)19(20)23/h3-5,10,13-14,16H,6-9,11-12H2,1-2H3,(H2,20,23)(H,21,22). The molecule has 4 heteroatoms. The fraction of sp³-hybridized carbons (Fsp3) is 0.579. The number of hydrogen-bond donors (Lipinski definition) is 2. The van der Waals surface area contributed by atoms with Crippen molar-refractivity contribution in [1.82, 2.24) is 5.32 Å². The van der Waals surface area contributed by atoms with Gasteiger partial charge in [-0.15, -0.1) is 0 Å². The van der Waals surface area contributed by atoms with Gasteiger partial charge in [0.25, 0.3) is 0 Å². The Hall–Kier alpha value is -1.84. The lowest BCUT2D eigenvalue weighted by Gasteiger charge is -2.26. The van der Waals surface area contributed by atoms with Crippen LogP contribution in [0, 0.1) is 11.8 Å². The van der Waals surface area contributed by atoms with E-state index < -0.39 is 0 Å². The van der Waals surface area contributed by atoms with E-state index in [1.165, 1.54) is 5.56 Å². The van der Waals surface area contributed by atoms with Gasteiger partial charge in [0.1, 0.15) is 0 Å². The molecule has 2 rings (SSSR count). The highest BCUT2D eigenvalue weighted by atomic mass is 16.2. The predicted octanol–water partition coefficient (Wildman–Crippen LogP) is 2.76. The fourth-order valence-corrected chi connectivity index (χ4v) is 3.22. The molecule has 3 N–H and O–H groups in total. The number of primary amides is 1. The Morgan fingerprint density at radius 3 is 2.52 bits per heavy atom. The zero-order valence-electron chi connectivity index (χ0n) is 14.2. The van der Waals surface area contributed by atoms with Crippen LogP contribution in [0.1, 0.15) is 56.6 Å². The topological polar surface area (TPSA) is 72.2 Å². The molecule has 1 aliphatic rings. The molecule has 126 valence electrons. The number of carbonyl (C=O) groups is 2. The normalized spacial score (nSPS) is 21.2. The van der Waals surface area contributed by atoms with Gasteiger partial charge in [-0.3, -0.25) is 9.59 Å². The Morgan fingerprint density at radius 2 is 1.91 bits per heavy atom. The summed E-state index contributed by atoms with van der Waals surface area (Å²) in [6.07, 6.45) is 4.07. The van der Waals surface area contributed by atoms with Gasteiger partial charge in [0.2, 0.25) is 11.8 Å². The lowest BCUT2D eigenvalue weighted by Crippen LogP contribution is -2.34. The van der Waals surface area contributed by atoms with Gasteiger partial charge in [-0.05, 0) is 48.6 Å². The number of carbonyl (C=O) groups excluding carboxylic acids is 2. The maximum Gasteiger partial charge on any atom is 0.224 e. The third-order valence-corrected chi connectivity index (χ3v) is 4.82. The SMILES string of the molecule is CC(C)c1cccc(CC(=O)NCC2CCC(C(N)=O)CC2)c1. The van der Waals surface area contributed by atoms with Crippen LogP contribution in [0.25, 0.3) is 0 Å². The first-order chi connectivity index (χ1) is 11.0. The van der Waals surface area contributed by atoms with Gasteiger partial charge in [0.05, 0.1) is 6.42 Å². The molecular formula is C19H28N2O2. The van der Waals surface area contributed by atoms with Crippen molar-refractivity contribution in [2.24, 2.45) is 17.6 Å². The smallest absolute Gasteiger partial charge is 0.224 e. The van der Waals surface area contributed by atoms with E-state index in [1.807, 2.05) is 12.1 Å². The molecule has 23 heavy (non-hydrogen) atoms. The van der Waals surface area contributed by atoms with E-state index in [1.54, 1.807) is 0 Å². The Labute approximate surface area is 138 Å². The number of hydrogen-bond acceptors (Lipinski definition) is 2. The third kappa shape index (κ3) is 5.38. The van der Waals surface area contributed by atoms with Crippen LogP contribution in [0.3, 0.4) is 0 Å². The Balaban J connectivity index is 1.75. The number of nitrogens with two attached hydrogens (primary N) is 1. The molecule has 2 amide bonds. The molecule has 1 aliphatic carbocycles. The Kier molecular flexibility index (Phi) is 6.20. The van der Waals surface area contributed by atoms with Gasteiger partial charge >= 0.3 is 0 Å². The molecule has 0 aromatic heterocycles. The van der Waals surface area contributed by atoms with Crippen molar-refractivity contribution >= 4 is 11.8 Å². The third-order valence-electron chi connectivity index (χ3n) is 4.82. The second kappa shape index (κ2) is 8.14. The van der Waals surface area contributed by atoms with Crippen molar-refractivity contribution in [2.45, 2.75) is 51.9 Å². The zero-order chi connectivity index (χ0) is 16.8. The molecule has 1 aromatic rings. The van der Waals surface area contributed by atoms with Crippen LogP contribution in [-0.2, 0) is 16.0 Å². The minimum Gasteiger partial charge on any atom is -0.369 e. The molecule has 1 saturated carbocycles. The summed E-state index contributed by atoms with van der Waals surface area (Å²) in [5.74, 6) is 0.858. The van der Waals surface area contributed by atoms with Crippen molar-refractivity contribution in [3.05, 3.63) is 35.4 Å². The van der Waals surface area contributed by atoms with E-state index in [0.717, 1.165) is 31.2 Å². The maximum absolute atomic E-state index is 12.1. The molecule has 0 spiro atoms. The number of nitrogens with one attached hydrogen (secondary N) is 1. The monoisotopic (exact) mass is 316 g/mol. The molecule has 0 bridgehead atoms. The first-order valence-corrected chi connectivity index (χ1v) is 8.60. The van der Waals surface area contributed by atoms with Crippen LogP contribution >= 0.6 is 0 Å². The predicted molar refractivity (Wildman–Crippen MR) is 91.9 cm³/mol. The Morgan fingerprint density at radius 1 is 1.22 bits per heavy atom. The molecule has 0 saturated heterocycles. The molecular weight excluding hydrogens is 288 g/mol. The molecule has 1 aromatic carbocycles. The number of rotatable bonds is 6. The van der Waals surface area contributed by atoms with E-state index in [4.69, 9.17) is 5.73 Å².